The number of hydrogen-bond acceptors (Lipinski definition) is 10. The van der Waals surface area contributed by atoms with Gasteiger partial charge in [-0.3, -0.25) is 24.3 Å². The van der Waals surface area contributed by atoms with Crippen molar-refractivity contribution < 1.29 is 33.4 Å². The van der Waals surface area contributed by atoms with Crippen LogP contribution in [0.1, 0.15) is 72.1 Å². The number of aldehydes is 2. The van der Waals surface area contributed by atoms with Gasteiger partial charge in [-0.25, -0.2) is 4.98 Å². The van der Waals surface area contributed by atoms with Crippen LogP contribution < -0.4 is 14.8 Å². The summed E-state index contributed by atoms with van der Waals surface area (Å²) in [6.45, 7) is 4.74. The molecule has 2 aromatic carbocycles. The summed E-state index contributed by atoms with van der Waals surface area (Å²) < 4.78 is 20.1. The summed E-state index contributed by atoms with van der Waals surface area (Å²) in [6.07, 6.45) is 13.5. The molecular weight excluding hydrogens is 737 g/mol. The molecule has 58 heavy (non-hydrogen) atoms. The average molecular weight is 791 g/mol. The van der Waals surface area contributed by atoms with Crippen LogP contribution in [0.2, 0.25) is 0 Å². The Balaban J connectivity index is 0.789. The fraction of sp³-hybridized carbons (Fsp3) is 0.422. The summed E-state index contributed by atoms with van der Waals surface area (Å²) in [4.78, 5) is 60.8. The van der Waals surface area contributed by atoms with Crippen molar-refractivity contribution in [1.29, 1.82) is 0 Å². The number of amides is 2. The van der Waals surface area contributed by atoms with E-state index < -0.39 is 11.9 Å². The summed E-state index contributed by atoms with van der Waals surface area (Å²) in [7, 11) is 5.06. The molecule has 13 nitrogen and oxygen atoms in total. The number of pyridine rings is 2. The molecule has 2 amide bonds. The van der Waals surface area contributed by atoms with Crippen LogP contribution in [0.3, 0.4) is 0 Å². The van der Waals surface area contributed by atoms with Crippen LogP contribution >= 0.6 is 0 Å². The van der Waals surface area contributed by atoms with E-state index in [-0.39, 0.29) is 36.0 Å². The molecule has 6 rings (SSSR count). The number of aryl methyl sites for hydroxylation is 1. The normalized spacial score (nSPS) is 13.6. The molecule has 0 saturated carbocycles. The SMILES string of the molecule is CNC(=O)C(CCC=O)N(C)C(=O)c1ccc(OC2CN(CCCCCOCCCCCOc3ccc(-c4ccc5c6cnccc6n(C)c5c4)cn3)C2)cc1C=O. The maximum atomic E-state index is 13.2. The van der Waals surface area contributed by atoms with Crippen molar-refractivity contribution in [3.8, 4) is 22.8 Å². The maximum Gasteiger partial charge on any atom is 0.255 e. The number of likely N-dealkylation sites (N-methyl/N-ethyl adjacent to an activating group) is 2. The summed E-state index contributed by atoms with van der Waals surface area (Å²) in [5.41, 5.74) is 4.87. The lowest BCUT2D eigenvalue weighted by atomic mass is 10.0. The summed E-state index contributed by atoms with van der Waals surface area (Å²) in [6, 6.07) is 16.5. The van der Waals surface area contributed by atoms with Crippen LogP contribution in [0.15, 0.2) is 73.2 Å². The van der Waals surface area contributed by atoms with Crippen molar-refractivity contribution in [2.24, 2.45) is 7.05 Å². The van der Waals surface area contributed by atoms with E-state index in [4.69, 9.17) is 14.2 Å². The van der Waals surface area contributed by atoms with E-state index in [2.05, 4.69) is 56.1 Å². The minimum Gasteiger partial charge on any atom is -0.488 e. The third-order valence-electron chi connectivity index (χ3n) is 10.8. The third kappa shape index (κ3) is 10.4. The van der Waals surface area contributed by atoms with E-state index >= 15 is 0 Å². The minimum absolute atomic E-state index is 0.0106. The number of fused-ring (bicyclic) bond motifs is 3. The zero-order valence-electron chi connectivity index (χ0n) is 33.7. The number of carbonyl (C=O) groups excluding carboxylic acids is 4. The highest BCUT2D eigenvalue weighted by atomic mass is 16.5. The van der Waals surface area contributed by atoms with Crippen LogP contribution in [0.4, 0.5) is 0 Å². The summed E-state index contributed by atoms with van der Waals surface area (Å²) >= 11 is 0. The summed E-state index contributed by atoms with van der Waals surface area (Å²) in [5.74, 6) is 0.309. The lowest BCUT2D eigenvalue weighted by molar-refractivity contribution is -0.125. The Morgan fingerprint density at radius 1 is 0.897 bits per heavy atom. The van der Waals surface area contributed by atoms with Gasteiger partial charge < -0.3 is 33.8 Å². The van der Waals surface area contributed by atoms with Crippen molar-refractivity contribution >= 4 is 46.2 Å². The fourth-order valence-corrected chi connectivity index (χ4v) is 7.45. The molecule has 1 N–H and O–H groups in total. The Hall–Kier alpha value is -5.66. The van der Waals surface area contributed by atoms with E-state index in [0.29, 0.717) is 30.8 Å². The molecule has 1 unspecified atom stereocenters. The predicted molar refractivity (Wildman–Crippen MR) is 223 cm³/mol. The maximum absolute atomic E-state index is 13.2. The van der Waals surface area contributed by atoms with Gasteiger partial charge in [0, 0.05) is 106 Å². The first-order valence-electron chi connectivity index (χ1n) is 20.2. The van der Waals surface area contributed by atoms with E-state index in [9.17, 15) is 19.2 Å². The highest BCUT2D eigenvalue weighted by Gasteiger charge is 2.30. The first kappa shape index (κ1) is 42.0. The summed E-state index contributed by atoms with van der Waals surface area (Å²) in [5, 5.41) is 4.88. The fourth-order valence-electron chi connectivity index (χ4n) is 7.45. The number of aromatic nitrogens is 3. The number of nitrogens with zero attached hydrogens (tertiary/aromatic N) is 5. The van der Waals surface area contributed by atoms with Crippen LogP contribution in [0.5, 0.6) is 11.6 Å². The number of benzene rings is 2. The largest absolute Gasteiger partial charge is 0.488 e. The number of rotatable bonds is 23. The van der Waals surface area contributed by atoms with Crippen LogP contribution in [-0.4, -0.2) is 114 Å². The van der Waals surface area contributed by atoms with Crippen molar-refractivity contribution in [2.75, 3.05) is 53.6 Å². The minimum atomic E-state index is -0.826. The molecule has 0 aliphatic carbocycles. The van der Waals surface area contributed by atoms with Crippen LogP contribution in [0, 0.1) is 0 Å². The number of nitrogens with one attached hydrogen (secondary N) is 1. The van der Waals surface area contributed by atoms with Gasteiger partial charge in [0.25, 0.3) is 5.91 Å². The lowest BCUT2D eigenvalue weighted by Gasteiger charge is -2.39. The molecule has 0 radical (unpaired) electrons. The molecule has 13 heteroatoms. The Labute approximate surface area is 339 Å². The van der Waals surface area contributed by atoms with Gasteiger partial charge in [-0.15, -0.1) is 0 Å². The van der Waals surface area contributed by atoms with Gasteiger partial charge in [0.05, 0.1) is 17.7 Å². The lowest BCUT2D eigenvalue weighted by Crippen LogP contribution is -2.53. The number of carbonyl (C=O) groups is 4. The first-order chi connectivity index (χ1) is 28.3. The molecule has 1 atom stereocenters. The highest BCUT2D eigenvalue weighted by molar-refractivity contribution is 6.08. The second-order valence-electron chi connectivity index (χ2n) is 14.8. The number of hydrogen-bond donors (Lipinski definition) is 1. The average Bonchev–Trinajstić information content (AvgIpc) is 3.53. The zero-order chi connectivity index (χ0) is 40.9. The van der Waals surface area contributed by atoms with Crippen LogP contribution in [-0.2, 0) is 21.4 Å². The van der Waals surface area contributed by atoms with Crippen molar-refractivity contribution in [3.05, 3.63) is 84.3 Å². The Bertz CT molecular complexity index is 2160. The molecule has 1 aliphatic heterocycles. The molecule has 4 heterocycles. The van der Waals surface area contributed by atoms with E-state index in [1.54, 1.807) is 18.2 Å². The van der Waals surface area contributed by atoms with Gasteiger partial charge in [0.15, 0.2) is 6.29 Å². The number of likely N-dealkylation sites (tertiary alicyclic amines) is 1. The molecule has 1 saturated heterocycles. The van der Waals surface area contributed by atoms with Crippen molar-refractivity contribution in [2.45, 2.75) is 63.5 Å². The van der Waals surface area contributed by atoms with Gasteiger partial charge >= 0.3 is 0 Å². The van der Waals surface area contributed by atoms with E-state index in [1.165, 1.54) is 35.4 Å². The Morgan fingerprint density at radius 2 is 1.67 bits per heavy atom. The second-order valence-corrected chi connectivity index (χ2v) is 14.8. The molecule has 1 aliphatic rings. The zero-order valence-corrected chi connectivity index (χ0v) is 33.7. The van der Waals surface area contributed by atoms with Gasteiger partial charge in [-0.05, 0) is 93.5 Å². The number of unbranched alkanes of at least 4 members (excludes halogenated alkanes) is 4. The van der Waals surface area contributed by atoms with Crippen molar-refractivity contribution in [1.82, 2.24) is 29.7 Å². The third-order valence-corrected chi connectivity index (χ3v) is 10.8. The molecule has 3 aromatic heterocycles. The van der Waals surface area contributed by atoms with Gasteiger partial charge in [0.1, 0.15) is 24.2 Å². The van der Waals surface area contributed by atoms with Crippen molar-refractivity contribution in [3.63, 3.8) is 0 Å². The monoisotopic (exact) mass is 790 g/mol. The predicted octanol–water partition coefficient (Wildman–Crippen LogP) is 6.27. The second kappa shape index (κ2) is 20.7. The van der Waals surface area contributed by atoms with Gasteiger partial charge in [-0.2, -0.15) is 0 Å². The standard InChI is InChI=1S/C45H54N6O7/c1-46-44(54)41(11-10-21-52)50(3)45(55)37-16-14-35(25-34(37)31-53)58-36-29-51(30-36)20-6-4-7-22-56-23-8-5-9-24-57-43-17-13-33(27-48-43)32-12-15-38-39-28-47-19-18-40(39)49(2)42(38)26-32/h12-19,21,25-28,31,36,41H,4-11,20,22-24,29-30H2,1-3H3,(H,46,54). The van der Waals surface area contributed by atoms with Crippen LogP contribution in [0.25, 0.3) is 32.9 Å². The first-order valence-corrected chi connectivity index (χ1v) is 20.2. The van der Waals surface area contributed by atoms with Gasteiger partial charge in [0.2, 0.25) is 11.8 Å². The molecule has 306 valence electrons. The highest BCUT2D eigenvalue weighted by Crippen LogP contribution is 2.31. The molecule has 0 bridgehead atoms. The molecule has 0 spiro atoms. The van der Waals surface area contributed by atoms with E-state index in [0.717, 1.165) is 87.9 Å². The smallest absolute Gasteiger partial charge is 0.255 e. The Morgan fingerprint density at radius 3 is 2.41 bits per heavy atom. The number of ether oxygens (including phenoxy) is 3. The van der Waals surface area contributed by atoms with E-state index in [1.807, 2.05) is 30.7 Å². The quantitative estimate of drug-likeness (QED) is 0.0594. The molecule has 5 aromatic rings. The molecule has 1 fully saturated rings. The van der Waals surface area contributed by atoms with Gasteiger partial charge in [-0.1, -0.05) is 12.1 Å². The topological polar surface area (TPSA) is 145 Å². The molecular formula is C45H54N6O7. The Kier molecular flexibility index (Phi) is 15.0.